The van der Waals surface area contributed by atoms with E-state index in [1.807, 2.05) is 12.1 Å². The molecule has 6 nitrogen and oxygen atoms in total. The Morgan fingerprint density at radius 2 is 2.14 bits per heavy atom. The summed E-state index contributed by atoms with van der Waals surface area (Å²) in [5.74, 6) is 0.407. The van der Waals surface area contributed by atoms with Gasteiger partial charge in [-0.3, -0.25) is 4.98 Å². The molecule has 2 saturated heterocycles. The van der Waals surface area contributed by atoms with Gasteiger partial charge in [-0.05, 0) is 31.0 Å². The molecular weight excluding hydrogens is 304 g/mol. The largest absolute Gasteiger partial charge is 0.376 e. The average molecular weight is 326 g/mol. The second-order valence-corrected chi connectivity index (χ2v) is 8.20. The van der Waals surface area contributed by atoms with Gasteiger partial charge >= 0.3 is 0 Å². The zero-order valence-corrected chi connectivity index (χ0v) is 13.6. The maximum Gasteiger partial charge on any atom is 0.214 e. The molecule has 0 saturated carbocycles. The molecule has 0 bridgehead atoms. The molecule has 3 heterocycles. The Morgan fingerprint density at radius 3 is 2.82 bits per heavy atom. The van der Waals surface area contributed by atoms with Crippen molar-refractivity contribution in [2.75, 3.05) is 32.1 Å². The normalized spacial score (nSPS) is 24.5. The van der Waals surface area contributed by atoms with Crippen LogP contribution in [0.3, 0.4) is 0 Å². The van der Waals surface area contributed by atoms with Crippen LogP contribution in [0.15, 0.2) is 24.5 Å². The lowest BCUT2D eigenvalue weighted by atomic mass is 9.83. The van der Waals surface area contributed by atoms with Crippen LogP contribution in [0.2, 0.25) is 0 Å². The fourth-order valence-electron chi connectivity index (χ4n) is 3.10. The molecule has 1 spiro atoms. The van der Waals surface area contributed by atoms with Gasteiger partial charge in [0.25, 0.3) is 0 Å². The molecule has 2 aliphatic rings. The summed E-state index contributed by atoms with van der Waals surface area (Å²) in [5, 5.41) is 0. The van der Waals surface area contributed by atoms with E-state index >= 15 is 0 Å². The Morgan fingerprint density at radius 1 is 1.41 bits per heavy atom. The van der Waals surface area contributed by atoms with Crippen molar-refractivity contribution in [2.24, 2.45) is 5.92 Å². The molecular formula is C15H22N2O4S. The van der Waals surface area contributed by atoms with Crippen LogP contribution in [0.1, 0.15) is 18.9 Å². The zero-order chi connectivity index (χ0) is 15.6. The Labute approximate surface area is 131 Å². The smallest absolute Gasteiger partial charge is 0.214 e. The zero-order valence-electron chi connectivity index (χ0n) is 12.8. The quantitative estimate of drug-likeness (QED) is 0.781. The minimum Gasteiger partial charge on any atom is -0.376 e. The first-order chi connectivity index (χ1) is 10.6. The molecule has 7 heteroatoms. The first-order valence-electron chi connectivity index (χ1n) is 7.64. The van der Waals surface area contributed by atoms with Gasteiger partial charge in [0.2, 0.25) is 10.0 Å². The molecule has 2 aliphatic heterocycles. The van der Waals surface area contributed by atoms with E-state index in [9.17, 15) is 8.42 Å². The van der Waals surface area contributed by atoms with Crippen LogP contribution in [0.4, 0.5) is 0 Å². The molecule has 1 aromatic rings. The van der Waals surface area contributed by atoms with Crippen LogP contribution in [0.25, 0.3) is 0 Å². The van der Waals surface area contributed by atoms with Crippen molar-refractivity contribution in [3.05, 3.63) is 30.1 Å². The van der Waals surface area contributed by atoms with Gasteiger partial charge in [-0.15, -0.1) is 0 Å². The number of hydrogen-bond donors (Lipinski definition) is 0. The summed E-state index contributed by atoms with van der Waals surface area (Å²) in [6.45, 7) is 4.43. The van der Waals surface area contributed by atoms with Crippen molar-refractivity contribution in [2.45, 2.75) is 25.6 Å². The molecule has 2 fully saturated rings. The van der Waals surface area contributed by atoms with Gasteiger partial charge < -0.3 is 9.47 Å². The number of aromatic nitrogens is 1. The Kier molecular flexibility index (Phi) is 4.49. The predicted molar refractivity (Wildman–Crippen MR) is 81.7 cm³/mol. The van der Waals surface area contributed by atoms with Crippen molar-refractivity contribution in [1.29, 1.82) is 0 Å². The van der Waals surface area contributed by atoms with Crippen LogP contribution >= 0.6 is 0 Å². The monoisotopic (exact) mass is 326 g/mol. The molecule has 3 rings (SSSR count). The highest BCUT2D eigenvalue weighted by molar-refractivity contribution is 7.89. The first-order valence-corrected chi connectivity index (χ1v) is 9.25. The SMILES string of the molecule is CCS(=O)(=O)N1CC2(C1)OCCC2COCc1ccncc1. The lowest BCUT2D eigenvalue weighted by molar-refractivity contribution is -0.115. The summed E-state index contributed by atoms with van der Waals surface area (Å²) in [4.78, 5) is 3.98. The molecule has 0 N–H and O–H groups in total. The van der Waals surface area contributed by atoms with Crippen LogP contribution in [-0.2, 0) is 26.1 Å². The number of rotatable bonds is 6. The number of ether oxygens (including phenoxy) is 2. The van der Waals surface area contributed by atoms with Crippen molar-refractivity contribution < 1.29 is 17.9 Å². The standard InChI is InChI=1S/C15H22N2O4S/c1-2-22(18,19)17-11-15(12-17)14(5-8-21-15)10-20-9-13-3-6-16-7-4-13/h3-4,6-7,14H,2,5,8-12H2,1H3. The second kappa shape index (κ2) is 6.23. The molecule has 1 aromatic heterocycles. The van der Waals surface area contributed by atoms with Crippen molar-refractivity contribution in [3.8, 4) is 0 Å². The highest BCUT2D eigenvalue weighted by Crippen LogP contribution is 2.41. The molecule has 0 amide bonds. The molecule has 0 aromatic carbocycles. The van der Waals surface area contributed by atoms with Gasteiger partial charge in [0.1, 0.15) is 5.60 Å². The highest BCUT2D eigenvalue weighted by Gasteiger charge is 2.55. The lowest BCUT2D eigenvalue weighted by Crippen LogP contribution is -2.66. The Bertz CT molecular complexity index is 599. The number of pyridine rings is 1. The Balaban J connectivity index is 1.52. The maximum atomic E-state index is 11.9. The van der Waals surface area contributed by atoms with E-state index in [-0.39, 0.29) is 17.3 Å². The van der Waals surface area contributed by atoms with Crippen LogP contribution in [0.5, 0.6) is 0 Å². The third kappa shape index (κ3) is 3.03. The van der Waals surface area contributed by atoms with Gasteiger partial charge in [-0.25, -0.2) is 8.42 Å². The maximum absolute atomic E-state index is 11.9. The van der Waals surface area contributed by atoms with E-state index in [0.717, 1.165) is 12.0 Å². The first kappa shape index (κ1) is 15.9. The topological polar surface area (TPSA) is 68.7 Å². The van der Waals surface area contributed by atoms with Gasteiger partial charge in [0, 0.05) is 38.0 Å². The van der Waals surface area contributed by atoms with E-state index in [1.165, 1.54) is 4.31 Å². The highest BCUT2D eigenvalue weighted by atomic mass is 32.2. The summed E-state index contributed by atoms with van der Waals surface area (Å²) >= 11 is 0. The summed E-state index contributed by atoms with van der Waals surface area (Å²) in [6.07, 6.45) is 4.42. The van der Waals surface area contributed by atoms with Crippen LogP contribution in [0, 0.1) is 5.92 Å². The van der Waals surface area contributed by atoms with Crippen LogP contribution in [-0.4, -0.2) is 55.4 Å². The fourth-order valence-corrected chi connectivity index (χ4v) is 4.29. The summed E-state index contributed by atoms with van der Waals surface area (Å²) in [5.41, 5.74) is 0.757. The minimum atomic E-state index is -3.11. The number of nitrogens with zero attached hydrogens (tertiary/aromatic N) is 2. The fraction of sp³-hybridized carbons (Fsp3) is 0.667. The lowest BCUT2D eigenvalue weighted by Gasteiger charge is -2.49. The van der Waals surface area contributed by atoms with Gasteiger partial charge in [0.15, 0.2) is 0 Å². The second-order valence-electron chi connectivity index (χ2n) is 5.94. The molecule has 22 heavy (non-hydrogen) atoms. The van der Waals surface area contributed by atoms with E-state index in [4.69, 9.17) is 9.47 Å². The minimum absolute atomic E-state index is 0.145. The van der Waals surface area contributed by atoms with E-state index in [2.05, 4.69) is 4.98 Å². The van der Waals surface area contributed by atoms with Gasteiger partial charge in [-0.1, -0.05) is 0 Å². The van der Waals surface area contributed by atoms with Gasteiger partial charge in [-0.2, -0.15) is 4.31 Å². The van der Waals surface area contributed by atoms with Crippen molar-refractivity contribution in [3.63, 3.8) is 0 Å². The van der Waals surface area contributed by atoms with Gasteiger partial charge in [0.05, 0.1) is 19.0 Å². The van der Waals surface area contributed by atoms with E-state index in [1.54, 1.807) is 19.3 Å². The summed E-state index contributed by atoms with van der Waals surface area (Å²) in [6, 6.07) is 3.86. The third-order valence-corrected chi connectivity index (χ3v) is 6.36. The average Bonchev–Trinajstić information content (AvgIpc) is 2.91. The van der Waals surface area contributed by atoms with E-state index < -0.39 is 10.0 Å². The van der Waals surface area contributed by atoms with Crippen LogP contribution < -0.4 is 0 Å². The van der Waals surface area contributed by atoms with E-state index in [0.29, 0.717) is 32.9 Å². The molecule has 1 atom stereocenters. The summed E-state index contributed by atoms with van der Waals surface area (Å²) < 4.78 is 36.9. The number of sulfonamides is 1. The third-order valence-electron chi connectivity index (χ3n) is 4.58. The Hall–Kier alpha value is -1.02. The molecule has 0 aliphatic carbocycles. The molecule has 122 valence electrons. The number of hydrogen-bond acceptors (Lipinski definition) is 5. The summed E-state index contributed by atoms with van der Waals surface area (Å²) in [7, 11) is -3.11. The van der Waals surface area contributed by atoms with Crippen molar-refractivity contribution >= 4 is 10.0 Å². The molecule has 0 radical (unpaired) electrons. The molecule has 1 unspecified atom stereocenters. The van der Waals surface area contributed by atoms with Crippen molar-refractivity contribution in [1.82, 2.24) is 9.29 Å². The predicted octanol–water partition coefficient (Wildman–Crippen LogP) is 1.04.